The minimum absolute atomic E-state index is 0.106. The molecule has 0 aromatic heterocycles. The number of ether oxygens (including phenoxy) is 1. The molecule has 0 saturated carbocycles. The maximum atomic E-state index is 14.2. The Kier molecular flexibility index (Phi) is 10.8. The molecule has 0 aliphatic carbocycles. The number of hydrogen-bond acceptors (Lipinski definition) is 3. The van der Waals surface area contributed by atoms with Gasteiger partial charge in [-0.3, -0.25) is 0 Å². The van der Waals surface area contributed by atoms with E-state index in [1.807, 2.05) is 41.5 Å². The molecule has 46 heavy (non-hydrogen) atoms. The second kappa shape index (κ2) is 13.9. The fraction of sp³-hybridized carbons (Fsp3) is 0.385. The number of nitrogens with one attached hydrogen (secondary N) is 2. The predicted molar refractivity (Wildman–Crippen MR) is 200 cm³/mol. The van der Waals surface area contributed by atoms with Crippen LogP contribution < -0.4 is 21.2 Å². The molecule has 4 aromatic rings. The zero-order valence-corrected chi connectivity index (χ0v) is 31.0. The van der Waals surface area contributed by atoms with E-state index in [0.29, 0.717) is 6.16 Å². The van der Waals surface area contributed by atoms with Crippen LogP contribution in [0, 0.1) is 11.3 Å². The summed E-state index contributed by atoms with van der Waals surface area (Å²) in [4.78, 5) is 27.1. The van der Waals surface area contributed by atoms with Crippen molar-refractivity contribution in [3.05, 3.63) is 109 Å². The summed E-state index contributed by atoms with van der Waals surface area (Å²) in [7, 11) is 0. The van der Waals surface area contributed by atoms with Gasteiger partial charge in [0.15, 0.2) is 0 Å². The summed E-state index contributed by atoms with van der Waals surface area (Å²) in [5.41, 5.74) is 0.00550. The standard InChI is InChI=1S/C39H50BrN2O3P/c1-28(2)34(41-36(43)35(38(3,4)5)42-37(44)45-39(6,7)8)27-46(40,32-19-11-9-12-20-32,33-21-13-10-14-22-33)26-29-23-24-30-17-15-16-18-31(30)25-29/h9-25,28,34-35H,26-27H2,1-8H3,(H,41,43)(H,42,44)/t34-,35?/m1/s1. The van der Waals surface area contributed by atoms with Crippen molar-refractivity contribution >= 4 is 54.2 Å². The van der Waals surface area contributed by atoms with E-state index >= 15 is 0 Å². The zero-order valence-electron chi connectivity index (χ0n) is 28.5. The Balaban J connectivity index is 1.82. The van der Waals surface area contributed by atoms with Gasteiger partial charge in [-0.2, -0.15) is 0 Å². The molecule has 1 unspecified atom stereocenters. The van der Waals surface area contributed by atoms with E-state index in [0.717, 1.165) is 6.16 Å². The molecule has 0 aliphatic heterocycles. The fourth-order valence-corrected chi connectivity index (χ4v) is 14.5. The Labute approximate surface area is 283 Å². The molecule has 5 nitrogen and oxygen atoms in total. The molecule has 0 spiro atoms. The van der Waals surface area contributed by atoms with Crippen molar-refractivity contribution in [3.63, 3.8) is 0 Å². The van der Waals surface area contributed by atoms with Crippen LogP contribution in [0.25, 0.3) is 10.8 Å². The summed E-state index contributed by atoms with van der Waals surface area (Å²) in [5, 5.41) is 7.91. The number of carbonyl (C=O) groups excluding carboxylic acids is 2. The molecule has 0 fully saturated rings. The van der Waals surface area contributed by atoms with Gasteiger partial charge in [0.05, 0.1) is 0 Å². The molecule has 0 bridgehead atoms. The van der Waals surface area contributed by atoms with Crippen LogP contribution in [-0.4, -0.2) is 35.8 Å². The van der Waals surface area contributed by atoms with Gasteiger partial charge in [0.25, 0.3) is 0 Å². The molecule has 2 amide bonds. The van der Waals surface area contributed by atoms with E-state index in [-0.39, 0.29) is 17.9 Å². The van der Waals surface area contributed by atoms with Gasteiger partial charge in [0.1, 0.15) is 0 Å². The van der Waals surface area contributed by atoms with Gasteiger partial charge >= 0.3 is 285 Å². The van der Waals surface area contributed by atoms with Crippen molar-refractivity contribution in [3.8, 4) is 0 Å². The molecule has 2 atom stereocenters. The van der Waals surface area contributed by atoms with Gasteiger partial charge in [0, 0.05) is 0 Å². The van der Waals surface area contributed by atoms with Gasteiger partial charge in [-0.05, 0) is 0 Å². The second-order valence-electron chi connectivity index (χ2n) is 14.9. The van der Waals surface area contributed by atoms with Crippen LogP contribution in [0.2, 0.25) is 0 Å². The van der Waals surface area contributed by atoms with E-state index in [9.17, 15) is 9.59 Å². The Hall–Kier alpha value is -3.21. The Morgan fingerprint density at radius 2 is 1.26 bits per heavy atom. The molecular weight excluding hydrogens is 655 g/mol. The van der Waals surface area contributed by atoms with Crippen molar-refractivity contribution < 1.29 is 14.3 Å². The first kappa shape index (κ1) is 35.6. The van der Waals surface area contributed by atoms with E-state index in [2.05, 4.69) is 143 Å². The van der Waals surface area contributed by atoms with Crippen molar-refractivity contribution in [2.24, 2.45) is 11.3 Å². The first-order valence-electron chi connectivity index (χ1n) is 16.1. The Bertz CT molecular complexity index is 1610. The van der Waals surface area contributed by atoms with Crippen molar-refractivity contribution in [1.82, 2.24) is 10.6 Å². The van der Waals surface area contributed by atoms with E-state index in [4.69, 9.17) is 4.74 Å². The number of benzene rings is 4. The second-order valence-corrected chi connectivity index (χ2v) is 24.5. The van der Waals surface area contributed by atoms with Crippen molar-refractivity contribution in [2.45, 2.75) is 79.2 Å². The first-order valence-corrected chi connectivity index (χ1v) is 20.7. The number of fused-ring (bicyclic) bond motifs is 1. The van der Waals surface area contributed by atoms with E-state index in [1.54, 1.807) is 0 Å². The summed E-state index contributed by atoms with van der Waals surface area (Å²) in [6, 6.07) is 35.6. The summed E-state index contributed by atoms with van der Waals surface area (Å²) in [5.74, 6) is -0.115. The molecule has 4 aromatic carbocycles. The van der Waals surface area contributed by atoms with Gasteiger partial charge < -0.3 is 0 Å². The normalized spacial score (nSPS) is 14.6. The van der Waals surface area contributed by atoms with Crippen LogP contribution in [0.15, 0.2) is 103 Å². The van der Waals surface area contributed by atoms with Crippen LogP contribution >= 0.6 is 20.8 Å². The van der Waals surface area contributed by atoms with Crippen LogP contribution in [0.1, 0.15) is 61.0 Å². The molecule has 0 saturated heterocycles. The average molecular weight is 706 g/mol. The zero-order chi connectivity index (χ0) is 33.8. The van der Waals surface area contributed by atoms with Gasteiger partial charge in [-0.25, -0.2) is 0 Å². The number of amides is 2. The number of alkyl carbamates (subject to hydrolysis) is 1. The third-order valence-corrected chi connectivity index (χ3v) is 17.7. The van der Waals surface area contributed by atoms with Crippen molar-refractivity contribution in [2.75, 3.05) is 6.16 Å². The average Bonchev–Trinajstić information content (AvgIpc) is 2.99. The third-order valence-electron chi connectivity index (χ3n) is 8.52. The van der Waals surface area contributed by atoms with E-state index < -0.39 is 28.5 Å². The molecule has 246 valence electrons. The fourth-order valence-electron chi connectivity index (χ4n) is 6.06. The minimum atomic E-state index is -3.26. The van der Waals surface area contributed by atoms with Gasteiger partial charge in [-0.15, -0.1) is 0 Å². The summed E-state index contributed by atoms with van der Waals surface area (Å²) >= 11 is 4.61. The number of hydrogen-bond donors (Lipinski definition) is 2. The number of halogens is 1. The molecule has 4 rings (SSSR count). The Morgan fingerprint density at radius 3 is 1.76 bits per heavy atom. The molecule has 0 heterocycles. The SMILES string of the molecule is CC(C)[C@@H](CP(Br)(Cc1ccc2ccccc2c1)(c1ccccc1)c1ccccc1)NC(=O)C(NC(=O)OC(C)(C)C)C(C)(C)C. The van der Waals surface area contributed by atoms with Crippen molar-refractivity contribution in [1.29, 1.82) is 0 Å². The van der Waals surface area contributed by atoms with Crippen LogP contribution in [-0.2, 0) is 15.7 Å². The molecule has 7 heteroatoms. The molecule has 0 aliphatic rings. The summed E-state index contributed by atoms with van der Waals surface area (Å²) < 4.78 is 5.54. The number of rotatable bonds is 10. The maximum absolute atomic E-state index is 14.2. The number of carbonyl (C=O) groups is 2. The van der Waals surface area contributed by atoms with Crippen LogP contribution in [0.5, 0.6) is 0 Å². The molecule has 2 N–H and O–H groups in total. The van der Waals surface area contributed by atoms with Crippen LogP contribution in [0.3, 0.4) is 0 Å². The Morgan fingerprint density at radius 1 is 0.739 bits per heavy atom. The van der Waals surface area contributed by atoms with Gasteiger partial charge in [-0.1, -0.05) is 0 Å². The van der Waals surface area contributed by atoms with E-state index in [1.165, 1.54) is 26.9 Å². The topological polar surface area (TPSA) is 67.4 Å². The predicted octanol–water partition coefficient (Wildman–Crippen LogP) is 8.93. The summed E-state index contributed by atoms with van der Waals surface area (Å²) in [6.45, 7) is 15.6. The van der Waals surface area contributed by atoms with Crippen LogP contribution in [0.4, 0.5) is 4.79 Å². The third kappa shape index (κ3) is 8.38. The monoisotopic (exact) mass is 704 g/mol. The summed E-state index contributed by atoms with van der Waals surface area (Å²) in [6.07, 6.45) is 0.843. The molecule has 0 radical (unpaired) electrons. The molecular formula is C39H50BrN2O3P. The van der Waals surface area contributed by atoms with Gasteiger partial charge in [0.2, 0.25) is 0 Å². The quantitative estimate of drug-likeness (QED) is 0.162. The first-order chi connectivity index (χ1) is 21.5.